The van der Waals surface area contributed by atoms with E-state index in [1.165, 1.54) is 12.1 Å². The number of nitrogens with zero attached hydrogens (tertiary/aromatic N) is 1. The predicted octanol–water partition coefficient (Wildman–Crippen LogP) is -0.0991. The van der Waals surface area contributed by atoms with Crippen molar-refractivity contribution in [1.82, 2.24) is 4.90 Å². The molecule has 1 aromatic rings. The lowest BCUT2D eigenvalue weighted by Crippen LogP contribution is -2.50. The van der Waals surface area contributed by atoms with E-state index < -0.39 is 29.6 Å². The highest BCUT2D eigenvalue weighted by Crippen LogP contribution is 2.18. The molecule has 0 aromatic heterocycles. The molecule has 0 saturated carbocycles. The maximum Gasteiger partial charge on any atom is 0.248 e. The van der Waals surface area contributed by atoms with E-state index in [-0.39, 0.29) is 30.5 Å². The first-order valence-electron chi connectivity index (χ1n) is 6.08. The van der Waals surface area contributed by atoms with Crippen molar-refractivity contribution in [1.29, 1.82) is 0 Å². The minimum absolute atomic E-state index is 0.0529. The molecule has 1 aliphatic heterocycles. The van der Waals surface area contributed by atoms with Gasteiger partial charge in [-0.05, 0) is 24.6 Å². The molecule has 1 atom stereocenters. The quantitative estimate of drug-likeness (QED) is 0.753. The number of primary amides is 1. The lowest BCUT2D eigenvalue weighted by atomic mass is 10.0. The molecule has 20 heavy (non-hydrogen) atoms. The van der Waals surface area contributed by atoms with Gasteiger partial charge in [0.15, 0.2) is 0 Å². The van der Waals surface area contributed by atoms with Crippen LogP contribution in [0.4, 0.5) is 4.39 Å². The summed E-state index contributed by atoms with van der Waals surface area (Å²) >= 11 is 0. The molecule has 1 fully saturated rings. The first kappa shape index (κ1) is 14.1. The van der Waals surface area contributed by atoms with Gasteiger partial charge in [0.2, 0.25) is 17.7 Å². The Balaban J connectivity index is 2.28. The molecular formula is C13H14FN3O3. The van der Waals surface area contributed by atoms with Crippen LogP contribution in [0, 0.1) is 5.82 Å². The normalized spacial score (nSPS) is 19.3. The molecule has 7 heteroatoms. The van der Waals surface area contributed by atoms with Crippen molar-refractivity contribution in [2.24, 2.45) is 11.5 Å². The summed E-state index contributed by atoms with van der Waals surface area (Å²) < 4.78 is 13.7. The summed E-state index contributed by atoms with van der Waals surface area (Å²) in [6, 6.07) is 2.80. The third-order valence-electron chi connectivity index (χ3n) is 3.21. The molecule has 0 aliphatic carbocycles. The van der Waals surface area contributed by atoms with Crippen LogP contribution in [-0.4, -0.2) is 28.7 Å². The topological polar surface area (TPSA) is 106 Å². The van der Waals surface area contributed by atoms with E-state index in [9.17, 15) is 18.8 Å². The zero-order chi connectivity index (χ0) is 14.9. The Bertz CT molecular complexity index is 588. The van der Waals surface area contributed by atoms with E-state index in [0.717, 1.165) is 11.0 Å². The zero-order valence-electron chi connectivity index (χ0n) is 10.6. The van der Waals surface area contributed by atoms with Crippen molar-refractivity contribution in [3.05, 3.63) is 35.1 Å². The number of carbonyl (C=O) groups is 3. The standard InChI is InChI=1S/C13H14FN3O3/c14-9-2-1-7(12(16)19)5-8(9)6-17-11(18)4-3-10(15)13(17)20/h1-2,5,10H,3-4,6,15H2,(H2,16,19). The SMILES string of the molecule is NC(=O)c1ccc(F)c(CN2C(=O)CCC(N)C2=O)c1. The van der Waals surface area contributed by atoms with Crippen molar-refractivity contribution in [2.45, 2.75) is 25.4 Å². The third-order valence-corrected chi connectivity index (χ3v) is 3.21. The number of likely N-dealkylation sites (tertiary alicyclic amines) is 1. The molecule has 0 bridgehead atoms. The first-order valence-corrected chi connectivity index (χ1v) is 6.08. The second-order valence-electron chi connectivity index (χ2n) is 4.63. The van der Waals surface area contributed by atoms with E-state index in [2.05, 4.69) is 0 Å². The molecule has 4 N–H and O–H groups in total. The molecule has 6 nitrogen and oxygen atoms in total. The smallest absolute Gasteiger partial charge is 0.248 e. The molecule has 0 radical (unpaired) electrons. The number of benzene rings is 1. The van der Waals surface area contributed by atoms with Gasteiger partial charge in [0.05, 0.1) is 12.6 Å². The van der Waals surface area contributed by atoms with Gasteiger partial charge in [0.1, 0.15) is 5.82 Å². The van der Waals surface area contributed by atoms with E-state index in [1.807, 2.05) is 0 Å². The number of hydrogen-bond acceptors (Lipinski definition) is 4. The summed E-state index contributed by atoms with van der Waals surface area (Å²) in [5.41, 5.74) is 10.9. The minimum atomic E-state index is -0.755. The van der Waals surface area contributed by atoms with Crippen LogP contribution in [0.3, 0.4) is 0 Å². The molecule has 106 valence electrons. The van der Waals surface area contributed by atoms with Gasteiger partial charge in [0.25, 0.3) is 0 Å². The molecule has 0 spiro atoms. The lowest BCUT2D eigenvalue weighted by molar-refractivity contribution is -0.149. The summed E-state index contributed by atoms with van der Waals surface area (Å²) in [5.74, 6) is -2.26. The van der Waals surface area contributed by atoms with E-state index in [1.54, 1.807) is 0 Å². The zero-order valence-corrected chi connectivity index (χ0v) is 10.6. The highest BCUT2D eigenvalue weighted by Gasteiger charge is 2.32. The second kappa shape index (κ2) is 5.38. The average Bonchev–Trinajstić information content (AvgIpc) is 2.41. The van der Waals surface area contributed by atoms with Crippen LogP contribution in [0.2, 0.25) is 0 Å². The number of hydrogen-bond donors (Lipinski definition) is 2. The molecule has 1 saturated heterocycles. The lowest BCUT2D eigenvalue weighted by Gasteiger charge is -2.28. The number of halogens is 1. The van der Waals surface area contributed by atoms with Gasteiger partial charge in [-0.15, -0.1) is 0 Å². The maximum atomic E-state index is 13.7. The van der Waals surface area contributed by atoms with Gasteiger partial charge in [0, 0.05) is 17.5 Å². The van der Waals surface area contributed by atoms with Gasteiger partial charge in [-0.25, -0.2) is 4.39 Å². The van der Waals surface area contributed by atoms with Crippen LogP contribution in [0.1, 0.15) is 28.8 Å². The molecule has 1 aromatic carbocycles. The minimum Gasteiger partial charge on any atom is -0.366 e. The summed E-state index contributed by atoms with van der Waals surface area (Å²) in [6.07, 6.45) is 0.433. The van der Waals surface area contributed by atoms with E-state index >= 15 is 0 Å². The maximum absolute atomic E-state index is 13.7. The van der Waals surface area contributed by atoms with Crippen LogP contribution < -0.4 is 11.5 Å². The Morgan fingerprint density at radius 2 is 2.10 bits per heavy atom. The van der Waals surface area contributed by atoms with Crippen LogP contribution in [0.5, 0.6) is 0 Å². The second-order valence-corrected chi connectivity index (χ2v) is 4.63. The monoisotopic (exact) mass is 279 g/mol. The van der Waals surface area contributed by atoms with Crippen LogP contribution >= 0.6 is 0 Å². The van der Waals surface area contributed by atoms with Crippen molar-refractivity contribution < 1.29 is 18.8 Å². The predicted molar refractivity (Wildman–Crippen MR) is 67.7 cm³/mol. The van der Waals surface area contributed by atoms with Crippen molar-refractivity contribution in [3.63, 3.8) is 0 Å². The molecular weight excluding hydrogens is 265 g/mol. The fraction of sp³-hybridized carbons (Fsp3) is 0.308. The Morgan fingerprint density at radius 3 is 2.75 bits per heavy atom. The first-order chi connectivity index (χ1) is 9.40. The van der Waals surface area contributed by atoms with Gasteiger partial charge in [-0.1, -0.05) is 0 Å². The van der Waals surface area contributed by atoms with Gasteiger partial charge >= 0.3 is 0 Å². The van der Waals surface area contributed by atoms with Crippen LogP contribution in [0.15, 0.2) is 18.2 Å². The summed E-state index contributed by atoms with van der Waals surface area (Å²) in [7, 11) is 0. The fourth-order valence-corrected chi connectivity index (χ4v) is 2.05. The Labute approximate surface area is 114 Å². The van der Waals surface area contributed by atoms with Crippen molar-refractivity contribution in [3.8, 4) is 0 Å². The number of amides is 3. The fourth-order valence-electron chi connectivity index (χ4n) is 2.05. The number of imide groups is 1. The summed E-state index contributed by atoms with van der Waals surface area (Å²) in [6.45, 7) is -0.252. The highest BCUT2D eigenvalue weighted by molar-refractivity contribution is 6.00. The van der Waals surface area contributed by atoms with Gasteiger partial charge in [-0.2, -0.15) is 0 Å². The highest BCUT2D eigenvalue weighted by atomic mass is 19.1. The number of rotatable bonds is 3. The largest absolute Gasteiger partial charge is 0.366 e. The summed E-state index contributed by atoms with van der Waals surface area (Å²) in [5, 5.41) is 0. The number of carbonyl (C=O) groups excluding carboxylic acids is 3. The molecule has 1 unspecified atom stereocenters. The van der Waals surface area contributed by atoms with Crippen molar-refractivity contribution >= 4 is 17.7 Å². The number of piperidine rings is 1. The third kappa shape index (κ3) is 2.67. The Kier molecular flexibility index (Phi) is 3.80. The Morgan fingerprint density at radius 1 is 1.40 bits per heavy atom. The van der Waals surface area contributed by atoms with Crippen LogP contribution in [-0.2, 0) is 16.1 Å². The molecule has 3 amide bonds. The summed E-state index contributed by atoms with van der Waals surface area (Å²) in [4.78, 5) is 35.5. The van der Waals surface area contributed by atoms with Gasteiger partial charge in [-0.3, -0.25) is 19.3 Å². The Hall–Kier alpha value is -2.28. The van der Waals surface area contributed by atoms with Crippen LogP contribution in [0.25, 0.3) is 0 Å². The average molecular weight is 279 g/mol. The van der Waals surface area contributed by atoms with Gasteiger partial charge < -0.3 is 11.5 Å². The van der Waals surface area contributed by atoms with E-state index in [4.69, 9.17) is 11.5 Å². The molecule has 1 aliphatic rings. The number of nitrogens with two attached hydrogens (primary N) is 2. The molecule has 1 heterocycles. The molecule has 2 rings (SSSR count). The van der Waals surface area contributed by atoms with Crippen molar-refractivity contribution in [2.75, 3.05) is 0 Å². The van der Waals surface area contributed by atoms with E-state index in [0.29, 0.717) is 0 Å².